The fraction of sp³-hybridized carbons (Fsp3) is 0.227. The van der Waals surface area contributed by atoms with E-state index in [1.807, 2.05) is 46.1 Å². The Bertz CT molecular complexity index is 1100. The average molecular weight is 372 g/mol. The average Bonchev–Trinajstić information content (AvgIpc) is 3.48. The van der Waals surface area contributed by atoms with Gasteiger partial charge in [-0.2, -0.15) is 0 Å². The summed E-state index contributed by atoms with van der Waals surface area (Å²) in [5.41, 5.74) is 4.15. The van der Waals surface area contributed by atoms with Crippen LogP contribution in [0, 0.1) is 0 Å². The summed E-state index contributed by atoms with van der Waals surface area (Å²) in [7, 11) is 0. The predicted octanol–water partition coefficient (Wildman–Crippen LogP) is 3.90. The van der Waals surface area contributed by atoms with Crippen LogP contribution in [0.5, 0.6) is 0 Å². The lowest BCUT2D eigenvalue weighted by molar-refractivity contribution is -0.131. The maximum Gasteiger partial charge on any atom is 0.230 e. The fourth-order valence-electron chi connectivity index (χ4n) is 4.00. The van der Waals surface area contributed by atoms with Crippen molar-refractivity contribution in [1.82, 2.24) is 19.3 Å². The lowest BCUT2D eigenvalue weighted by Gasteiger charge is -2.23. The highest BCUT2D eigenvalue weighted by molar-refractivity contribution is 5.79. The molecule has 1 saturated heterocycles. The number of carbonyl (C=O) groups excluding carboxylic acids is 1. The topological polar surface area (TPSA) is 63.6 Å². The number of pyridine rings is 2. The number of hydrogen-bond donors (Lipinski definition) is 0. The highest BCUT2D eigenvalue weighted by atomic mass is 16.3. The molecule has 1 atom stereocenters. The third-order valence-corrected chi connectivity index (χ3v) is 5.35. The summed E-state index contributed by atoms with van der Waals surface area (Å²) in [4.78, 5) is 23.6. The first-order valence-electron chi connectivity index (χ1n) is 9.48. The molecule has 6 nitrogen and oxygen atoms in total. The molecule has 0 N–H and O–H groups in total. The molecule has 1 unspecified atom stereocenters. The Labute approximate surface area is 162 Å². The van der Waals surface area contributed by atoms with Gasteiger partial charge in [0.15, 0.2) is 0 Å². The molecule has 1 aliphatic rings. The van der Waals surface area contributed by atoms with Gasteiger partial charge in [-0.1, -0.05) is 12.1 Å². The number of hydrogen-bond acceptors (Lipinski definition) is 4. The molecular formula is C22H20N4O2. The van der Waals surface area contributed by atoms with Gasteiger partial charge in [-0.3, -0.25) is 9.78 Å². The van der Waals surface area contributed by atoms with Crippen molar-refractivity contribution < 1.29 is 9.21 Å². The summed E-state index contributed by atoms with van der Waals surface area (Å²) in [6.45, 7) is 0.761. The van der Waals surface area contributed by atoms with Crippen LogP contribution in [0.3, 0.4) is 0 Å². The predicted molar refractivity (Wildman–Crippen MR) is 105 cm³/mol. The van der Waals surface area contributed by atoms with Gasteiger partial charge in [0.05, 0.1) is 36.3 Å². The van der Waals surface area contributed by atoms with E-state index in [0.717, 1.165) is 41.7 Å². The first kappa shape index (κ1) is 16.7. The Balaban J connectivity index is 1.44. The third kappa shape index (κ3) is 2.97. The Morgan fingerprint density at radius 3 is 2.96 bits per heavy atom. The van der Waals surface area contributed by atoms with Crippen LogP contribution < -0.4 is 0 Å². The van der Waals surface area contributed by atoms with Crippen molar-refractivity contribution in [2.75, 3.05) is 6.54 Å². The number of furan rings is 1. The van der Waals surface area contributed by atoms with Gasteiger partial charge >= 0.3 is 0 Å². The van der Waals surface area contributed by atoms with Crippen molar-refractivity contribution in [3.05, 3.63) is 79.0 Å². The van der Waals surface area contributed by atoms with Gasteiger partial charge in [-0.25, -0.2) is 4.98 Å². The van der Waals surface area contributed by atoms with Crippen LogP contribution in [0.15, 0.2) is 72.0 Å². The number of nitrogens with zero attached hydrogens (tertiary/aromatic N) is 4. The minimum atomic E-state index is 0.0108. The first-order chi connectivity index (χ1) is 13.8. The molecule has 28 heavy (non-hydrogen) atoms. The second-order valence-electron chi connectivity index (χ2n) is 7.08. The number of rotatable bonds is 4. The molecule has 0 spiro atoms. The van der Waals surface area contributed by atoms with Crippen molar-refractivity contribution >= 4 is 11.4 Å². The van der Waals surface area contributed by atoms with Crippen LogP contribution >= 0.6 is 0 Å². The van der Waals surface area contributed by atoms with E-state index in [4.69, 9.17) is 4.42 Å². The van der Waals surface area contributed by atoms with Gasteiger partial charge in [0, 0.05) is 30.7 Å². The minimum absolute atomic E-state index is 0.0108. The molecule has 5 heterocycles. The normalized spacial score (nSPS) is 16.7. The molecule has 4 aromatic rings. The van der Waals surface area contributed by atoms with Crippen LogP contribution in [-0.2, 0) is 11.2 Å². The monoisotopic (exact) mass is 372 g/mol. The zero-order valence-corrected chi connectivity index (χ0v) is 15.4. The standard InChI is InChI=1S/C22H20N4O2/c27-21(12-18-5-3-11-28-18)26-10-2-6-20(26)22-19-8-7-17(14-25(19)15-24-22)16-4-1-9-23-13-16/h1,3-5,7-9,11,13-15,20H,2,6,10,12H2. The molecule has 1 amide bonds. The van der Waals surface area contributed by atoms with E-state index in [2.05, 4.69) is 28.3 Å². The maximum atomic E-state index is 12.8. The third-order valence-electron chi connectivity index (χ3n) is 5.35. The molecule has 0 aliphatic carbocycles. The molecule has 5 rings (SSSR count). The number of amides is 1. The summed E-state index contributed by atoms with van der Waals surface area (Å²) in [6.07, 6.45) is 11.3. The zero-order valence-electron chi connectivity index (χ0n) is 15.4. The van der Waals surface area contributed by atoms with Gasteiger partial charge < -0.3 is 13.7 Å². The second-order valence-corrected chi connectivity index (χ2v) is 7.08. The van der Waals surface area contributed by atoms with E-state index < -0.39 is 0 Å². The fourth-order valence-corrected chi connectivity index (χ4v) is 4.00. The van der Waals surface area contributed by atoms with Crippen LogP contribution in [-0.4, -0.2) is 31.7 Å². The summed E-state index contributed by atoms with van der Waals surface area (Å²) in [5.74, 6) is 0.789. The van der Waals surface area contributed by atoms with Crippen molar-refractivity contribution in [3.8, 4) is 11.1 Å². The number of fused-ring (bicyclic) bond motifs is 1. The molecular weight excluding hydrogens is 352 g/mol. The van der Waals surface area contributed by atoms with Crippen LogP contribution in [0.1, 0.15) is 30.3 Å². The van der Waals surface area contributed by atoms with Gasteiger partial charge in [-0.15, -0.1) is 0 Å². The number of imidazole rings is 1. The Morgan fingerprint density at radius 2 is 2.14 bits per heavy atom. The number of carbonyl (C=O) groups is 1. The van der Waals surface area contributed by atoms with Gasteiger partial charge in [0.1, 0.15) is 5.76 Å². The van der Waals surface area contributed by atoms with Crippen molar-refractivity contribution in [3.63, 3.8) is 0 Å². The lowest BCUT2D eigenvalue weighted by atomic mass is 10.1. The highest BCUT2D eigenvalue weighted by Gasteiger charge is 2.32. The second kappa shape index (κ2) is 6.96. The molecule has 0 saturated carbocycles. The molecule has 1 fully saturated rings. The molecule has 4 aromatic heterocycles. The molecule has 1 aliphatic heterocycles. The molecule has 6 heteroatoms. The van der Waals surface area contributed by atoms with E-state index in [0.29, 0.717) is 12.2 Å². The van der Waals surface area contributed by atoms with Crippen LogP contribution in [0.25, 0.3) is 16.6 Å². The molecule has 0 aromatic carbocycles. The van der Waals surface area contributed by atoms with Crippen LogP contribution in [0.4, 0.5) is 0 Å². The summed E-state index contributed by atoms with van der Waals surface area (Å²) >= 11 is 0. The molecule has 0 radical (unpaired) electrons. The molecule has 0 bridgehead atoms. The van der Waals surface area contributed by atoms with E-state index in [1.54, 1.807) is 12.5 Å². The molecule has 140 valence electrons. The van der Waals surface area contributed by atoms with Crippen molar-refractivity contribution in [2.45, 2.75) is 25.3 Å². The van der Waals surface area contributed by atoms with Gasteiger partial charge in [-0.05, 0) is 42.7 Å². The van der Waals surface area contributed by atoms with E-state index in [1.165, 1.54) is 0 Å². The quantitative estimate of drug-likeness (QED) is 0.545. The van der Waals surface area contributed by atoms with E-state index in [9.17, 15) is 4.79 Å². The van der Waals surface area contributed by atoms with Gasteiger partial charge in [0.2, 0.25) is 5.91 Å². The van der Waals surface area contributed by atoms with Crippen molar-refractivity contribution in [2.24, 2.45) is 0 Å². The largest absolute Gasteiger partial charge is 0.469 e. The Kier molecular flexibility index (Phi) is 4.16. The maximum absolute atomic E-state index is 12.8. The SMILES string of the molecule is O=C(Cc1ccco1)N1CCCC1c1ncn2cc(-c3cccnc3)ccc12. The Hall–Kier alpha value is -3.41. The Morgan fingerprint density at radius 1 is 1.18 bits per heavy atom. The first-order valence-corrected chi connectivity index (χ1v) is 9.48. The van der Waals surface area contributed by atoms with E-state index >= 15 is 0 Å². The smallest absolute Gasteiger partial charge is 0.230 e. The number of likely N-dealkylation sites (tertiary alicyclic amines) is 1. The summed E-state index contributed by atoms with van der Waals surface area (Å²) in [5, 5.41) is 0. The van der Waals surface area contributed by atoms with Gasteiger partial charge in [0.25, 0.3) is 0 Å². The lowest BCUT2D eigenvalue weighted by Crippen LogP contribution is -2.32. The summed E-state index contributed by atoms with van der Waals surface area (Å²) < 4.78 is 7.38. The van der Waals surface area contributed by atoms with Crippen LogP contribution in [0.2, 0.25) is 0 Å². The zero-order chi connectivity index (χ0) is 18.9. The van der Waals surface area contributed by atoms with Crippen molar-refractivity contribution in [1.29, 1.82) is 0 Å². The highest BCUT2D eigenvalue weighted by Crippen LogP contribution is 2.34. The minimum Gasteiger partial charge on any atom is -0.469 e. The van der Waals surface area contributed by atoms with E-state index in [-0.39, 0.29) is 11.9 Å². The number of aromatic nitrogens is 3. The summed E-state index contributed by atoms with van der Waals surface area (Å²) in [6, 6.07) is 11.8.